The van der Waals surface area contributed by atoms with E-state index in [4.69, 9.17) is 22.4 Å². The first-order valence-electron chi connectivity index (χ1n) is 3.43. The van der Waals surface area contributed by atoms with Crippen molar-refractivity contribution in [2.24, 2.45) is 5.73 Å². The molecule has 0 aliphatic carbocycles. The molecular weight excluding hydrogens is 198 g/mol. The largest absolute Gasteiger partial charge is 0.395 e. The highest BCUT2D eigenvalue weighted by molar-refractivity contribution is 7.10. The average molecular weight is 208 g/mol. The van der Waals surface area contributed by atoms with Crippen molar-refractivity contribution in [3.63, 3.8) is 0 Å². The van der Waals surface area contributed by atoms with Gasteiger partial charge in [-0.05, 0) is 6.07 Å². The van der Waals surface area contributed by atoms with Crippen molar-refractivity contribution in [3.8, 4) is 0 Å². The first-order valence-corrected chi connectivity index (χ1v) is 4.69. The Morgan fingerprint density at radius 2 is 2.33 bits per heavy atom. The van der Waals surface area contributed by atoms with Gasteiger partial charge in [-0.3, -0.25) is 0 Å². The van der Waals surface area contributed by atoms with E-state index in [0.29, 0.717) is 9.90 Å². The van der Waals surface area contributed by atoms with Gasteiger partial charge in [0.05, 0.1) is 17.7 Å². The van der Waals surface area contributed by atoms with E-state index in [1.165, 1.54) is 11.3 Å². The van der Waals surface area contributed by atoms with E-state index < -0.39 is 12.1 Å². The maximum atomic E-state index is 9.47. The normalized spacial score (nSPS) is 16.0. The standard InChI is InChI=1S/C7H10ClNO2S/c8-4-1-6(12-3-4)7(11)5(9)2-10/h1,3,5,7,10-11H,2,9H2. The maximum absolute atomic E-state index is 9.47. The number of nitrogens with two attached hydrogens (primary N) is 1. The highest BCUT2D eigenvalue weighted by Gasteiger charge is 2.17. The number of rotatable bonds is 3. The lowest BCUT2D eigenvalue weighted by Gasteiger charge is -2.14. The molecule has 0 saturated carbocycles. The molecule has 2 atom stereocenters. The molecule has 0 spiro atoms. The first kappa shape index (κ1) is 9.95. The first-order chi connectivity index (χ1) is 5.65. The van der Waals surface area contributed by atoms with Crippen LogP contribution in [0.15, 0.2) is 11.4 Å². The van der Waals surface area contributed by atoms with Gasteiger partial charge < -0.3 is 15.9 Å². The van der Waals surface area contributed by atoms with Crippen LogP contribution in [0.4, 0.5) is 0 Å². The minimum Gasteiger partial charge on any atom is -0.395 e. The van der Waals surface area contributed by atoms with Gasteiger partial charge in [0.15, 0.2) is 0 Å². The lowest BCUT2D eigenvalue weighted by atomic mass is 10.1. The third-order valence-corrected chi connectivity index (χ3v) is 2.85. The predicted molar refractivity (Wildman–Crippen MR) is 49.4 cm³/mol. The number of hydrogen-bond acceptors (Lipinski definition) is 4. The number of thiophene rings is 1. The van der Waals surface area contributed by atoms with Crippen molar-refractivity contribution >= 4 is 22.9 Å². The van der Waals surface area contributed by atoms with Gasteiger partial charge in [0.25, 0.3) is 0 Å². The quantitative estimate of drug-likeness (QED) is 0.686. The molecule has 68 valence electrons. The monoisotopic (exact) mass is 207 g/mol. The zero-order valence-corrected chi connectivity index (χ0v) is 7.85. The van der Waals surface area contributed by atoms with Crippen LogP contribution in [-0.2, 0) is 0 Å². The van der Waals surface area contributed by atoms with Gasteiger partial charge in [0, 0.05) is 10.3 Å². The van der Waals surface area contributed by atoms with Gasteiger partial charge in [-0.1, -0.05) is 11.6 Å². The topological polar surface area (TPSA) is 66.5 Å². The van der Waals surface area contributed by atoms with Gasteiger partial charge in [0.1, 0.15) is 6.10 Å². The average Bonchev–Trinajstić information content (AvgIpc) is 2.49. The third kappa shape index (κ3) is 2.18. The SMILES string of the molecule is NC(CO)C(O)c1cc(Cl)cs1. The highest BCUT2D eigenvalue weighted by Crippen LogP contribution is 2.26. The van der Waals surface area contributed by atoms with Gasteiger partial charge in [-0.2, -0.15) is 0 Å². The maximum Gasteiger partial charge on any atom is 0.105 e. The smallest absolute Gasteiger partial charge is 0.105 e. The van der Waals surface area contributed by atoms with Crippen LogP contribution in [0.5, 0.6) is 0 Å². The Labute approximate surface area is 79.4 Å². The summed E-state index contributed by atoms with van der Waals surface area (Å²) in [5, 5.41) is 20.4. The van der Waals surface area contributed by atoms with Crippen molar-refractivity contribution in [2.75, 3.05) is 6.61 Å². The van der Waals surface area contributed by atoms with Gasteiger partial charge >= 0.3 is 0 Å². The summed E-state index contributed by atoms with van der Waals surface area (Å²) in [6, 6.07) is 1.01. The van der Waals surface area contributed by atoms with E-state index in [1.807, 2.05) is 0 Å². The van der Waals surface area contributed by atoms with E-state index >= 15 is 0 Å². The Balaban J connectivity index is 2.70. The lowest BCUT2D eigenvalue weighted by molar-refractivity contribution is 0.112. The molecule has 0 bridgehead atoms. The number of hydrogen-bond donors (Lipinski definition) is 3. The van der Waals surface area contributed by atoms with Crippen molar-refractivity contribution < 1.29 is 10.2 Å². The zero-order valence-electron chi connectivity index (χ0n) is 6.27. The summed E-state index contributed by atoms with van der Waals surface area (Å²) in [5.74, 6) is 0. The molecule has 0 aromatic carbocycles. The number of aliphatic hydroxyl groups is 2. The van der Waals surface area contributed by atoms with Gasteiger partial charge in [-0.15, -0.1) is 11.3 Å². The van der Waals surface area contributed by atoms with Crippen LogP contribution in [0.2, 0.25) is 5.02 Å². The summed E-state index contributed by atoms with van der Waals surface area (Å²) in [6.45, 7) is -0.239. The van der Waals surface area contributed by atoms with Crippen LogP contribution < -0.4 is 5.73 Å². The summed E-state index contributed by atoms with van der Waals surface area (Å²) < 4.78 is 0. The molecule has 1 heterocycles. The van der Waals surface area contributed by atoms with E-state index in [2.05, 4.69) is 0 Å². The molecule has 1 aromatic rings. The molecule has 0 radical (unpaired) electrons. The second-order valence-corrected chi connectivity index (χ2v) is 3.84. The van der Waals surface area contributed by atoms with Crippen molar-refractivity contribution in [1.82, 2.24) is 0 Å². The molecule has 0 aliphatic rings. The molecule has 0 amide bonds. The molecule has 12 heavy (non-hydrogen) atoms. The summed E-state index contributed by atoms with van der Waals surface area (Å²) in [5.41, 5.74) is 5.42. The number of aliphatic hydroxyl groups excluding tert-OH is 2. The van der Waals surface area contributed by atoms with Crippen LogP contribution in [-0.4, -0.2) is 22.9 Å². The van der Waals surface area contributed by atoms with E-state index in [-0.39, 0.29) is 6.61 Å². The fourth-order valence-electron chi connectivity index (χ4n) is 0.794. The second kappa shape index (κ2) is 4.20. The molecule has 2 unspecified atom stereocenters. The van der Waals surface area contributed by atoms with Crippen LogP contribution in [0.3, 0.4) is 0 Å². The molecule has 1 rings (SSSR count). The summed E-state index contributed by atoms with van der Waals surface area (Å²) >= 11 is 6.98. The fraction of sp³-hybridized carbons (Fsp3) is 0.429. The minimum atomic E-state index is -0.826. The Morgan fingerprint density at radius 3 is 2.75 bits per heavy atom. The predicted octanol–water partition coefficient (Wildman–Crippen LogP) is 0.755. The summed E-state index contributed by atoms with van der Waals surface area (Å²) in [4.78, 5) is 0.682. The van der Waals surface area contributed by atoms with E-state index in [9.17, 15) is 5.11 Å². The Bertz CT molecular complexity index is 253. The van der Waals surface area contributed by atoms with Crippen molar-refractivity contribution in [1.29, 1.82) is 0 Å². The molecular formula is C7H10ClNO2S. The second-order valence-electron chi connectivity index (χ2n) is 2.46. The Morgan fingerprint density at radius 1 is 1.67 bits per heavy atom. The van der Waals surface area contributed by atoms with Crippen LogP contribution in [0.25, 0.3) is 0 Å². The highest BCUT2D eigenvalue weighted by atomic mass is 35.5. The van der Waals surface area contributed by atoms with Crippen molar-refractivity contribution in [2.45, 2.75) is 12.1 Å². The third-order valence-electron chi connectivity index (χ3n) is 1.50. The molecule has 0 saturated heterocycles. The summed E-state index contributed by atoms with van der Waals surface area (Å²) in [6.07, 6.45) is -0.826. The fourth-order valence-corrected chi connectivity index (χ4v) is 1.94. The molecule has 0 fully saturated rings. The molecule has 1 aromatic heterocycles. The van der Waals surface area contributed by atoms with Gasteiger partial charge in [0.2, 0.25) is 0 Å². The Kier molecular flexibility index (Phi) is 3.49. The summed E-state index contributed by atoms with van der Waals surface area (Å²) in [7, 11) is 0. The van der Waals surface area contributed by atoms with Crippen molar-refractivity contribution in [3.05, 3.63) is 21.3 Å². The molecule has 4 N–H and O–H groups in total. The van der Waals surface area contributed by atoms with E-state index in [1.54, 1.807) is 11.4 Å². The lowest BCUT2D eigenvalue weighted by Crippen LogP contribution is -2.31. The zero-order chi connectivity index (χ0) is 9.14. The van der Waals surface area contributed by atoms with E-state index in [0.717, 1.165) is 0 Å². The molecule has 0 aliphatic heterocycles. The minimum absolute atomic E-state index is 0.239. The molecule has 5 heteroatoms. The van der Waals surface area contributed by atoms with Crippen LogP contribution in [0, 0.1) is 0 Å². The van der Waals surface area contributed by atoms with Crippen LogP contribution in [0.1, 0.15) is 11.0 Å². The van der Waals surface area contributed by atoms with Crippen LogP contribution >= 0.6 is 22.9 Å². The number of halogens is 1. The van der Waals surface area contributed by atoms with Gasteiger partial charge in [-0.25, -0.2) is 0 Å². The Hall–Kier alpha value is -0.130. The molecule has 3 nitrogen and oxygen atoms in total.